The zero-order valence-electron chi connectivity index (χ0n) is 14.8. The van der Waals surface area contributed by atoms with Gasteiger partial charge in [0.05, 0.1) is 0 Å². The Hall–Kier alpha value is -3.60. The van der Waals surface area contributed by atoms with E-state index < -0.39 is 0 Å². The molecule has 0 aliphatic rings. The molecule has 0 spiro atoms. The zero-order valence-corrected chi connectivity index (χ0v) is 14.8. The van der Waals surface area contributed by atoms with Gasteiger partial charge in [0.25, 0.3) is 5.91 Å². The largest absolute Gasteiger partial charge is 0.350 e. The van der Waals surface area contributed by atoms with E-state index in [9.17, 15) is 9.59 Å². The molecule has 0 heterocycles. The number of urea groups is 1. The molecule has 3 aromatic rings. The van der Waals surface area contributed by atoms with Crippen molar-refractivity contribution in [3.63, 3.8) is 0 Å². The van der Waals surface area contributed by atoms with Crippen LogP contribution in [0.25, 0.3) is 0 Å². The summed E-state index contributed by atoms with van der Waals surface area (Å²) in [6.45, 7) is 0.687. The fraction of sp³-hybridized carbons (Fsp3) is 0.0909. The van der Waals surface area contributed by atoms with Crippen molar-refractivity contribution in [2.24, 2.45) is 0 Å². The van der Waals surface area contributed by atoms with E-state index in [1.54, 1.807) is 17.0 Å². The average Bonchev–Trinajstić information content (AvgIpc) is 2.73. The van der Waals surface area contributed by atoms with Crippen LogP contribution in [0, 0.1) is 0 Å². The van der Waals surface area contributed by atoms with Crippen molar-refractivity contribution in [1.29, 1.82) is 0 Å². The summed E-state index contributed by atoms with van der Waals surface area (Å²) >= 11 is 0. The summed E-state index contributed by atoms with van der Waals surface area (Å²) in [6.07, 6.45) is 0. The summed E-state index contributed by atoms with van der Waals surface area (Å²) in [5.41, 5.74) is 2.08. The third kappa shape index (κ3) is 5.19. The van der Waals surface area contributed by atoms with E-state index in [2.05, 4.69) is 10.6 Å². The molecule has 3 amide bonds. The molecule has 0 unspecified atom stereocenters. The van der Waals surface area contributed by atoms with Crippen LogP contribution in [-0.4, -0.2) is 25.0 Å². The van der Waals surface area contributed by atoms with Crippen molar-refractivity contribution in [3.8, 4) is 0 Å². The molecule has 0 atom stereocenters. The monoisotopic (exact) mass is 359 g/mol. The SMILES string of the molecule is O=C(NCCN(C(=O)Nc1ccccc1)c1ccccc1)c1ccccc1. The number of amides is 3. The topological polar surface area (TPSA) is 61.4 Å². The molecule has 3 aromatic carbocycles. The second kappa shape index (κ2) is 9.20. The van der Waals surface area contributed by atoms with E-state index in [4.69, 9.17) is 0 Å². The third-order valence-electron chi connectivity index (χ3n) is 4.00. The van der Waals surface area contributed by atoms with Gasteiger partial charge < -0.3 is 10.6 Å². The van der Waals surface area contributed by atoms with Gasteiger partial charge in [-0.1, -0.05) is 54.6 Å². The molecule has 136 valence electrons. The van der Waals surface area contributed by atoms with Crippen LogP contribution < -0.4 is 15.5 Å². The lowest BCUT2D eigenvalue weighted by Crippen LogP contribution is -2.41. The van der Waals surface area contributed by atoms with Crippen molar-refractivity contribution in [2.45, 2.75) is 0 Å². The Labute approximate surface area is 158 Å². The van der Waals surface area contributed by atoms with Crippen LogP contribution in [0.5, 0.6) is 0 Å². The first-order valence-corrected chi connectivity index (χ1v) is 8.76. The number of benzene rings is 3. The Balaban J connectivity index is 1.65. The van der Waals surface area contributed by atoms with Gasteiger partial charge in [-0.25, -0.2) is 4.79 Å². The predicted octanol–water partition coefficient (Wildman–Crippen LogP) is 4.16. The lowest BCUT2D eigenvalue weighted by Gasteiger charge is -2.23. The summed E-state index contributed by atoms with van der Waals surface area (Å²) in [4.78, 5) is 26.6. The van der Waals surface area contributed by atoms with E-state index in [1.165, 1.54) is 0 Å². The standard InChI is InChI=1S/C22H21N3O2/c26-21(18-10-4-1-5-11-18)23-16-17-25(20-14-8-3-9-15-20)22(27)24-19-12-6-2-7-13-19/h1-15H,16-17H2,(H,23,26)(H,24,27). The van der Waals surface area contributed by atoms with Gasteiger partial charge in [-0.05, 0) is 36.4 Å². The Morgan fingerprint density at radius 2 is 1.30 bits per heavy atom. The zero-order chi connectivity index (χ0) is 18.9. The number of nitrogens with one attached hydrogen (secondary N) is 2. The number of anilines is 2. The third-order valence-corrected chi connectivity index (χ3v) is 4.00. The molecular weight excluding hydrogens is 338 g/mol. The van der Waals surface area contributed by atoms with Gasteiger partial charge in [-0.15, -0.1) is 0 Å². The first kappa shape index (κ1) is 18.2. The van der Waals surface area contributed by atoms with Crippen LogP contribution in [0.1, 0.15) is 10.4 Å². The van der Waals surface area contributed by atoms with E-state index in [-0.39, 0.29) is 11.9 Å². The van der Waals surface area contributed by atoms with E-state index in [0.717, 1.165) is 11.4 Å². The summed E-state index contributed by atoms with van der Waals surface area (Å²) < 4.78 is 0. The molecule has 27 heavy (non-hydrogen) atoms. The summed E-state index contributed by atoms with van der Waals surface area (Å²) in [7, 11) is 0. The number of carbonyl (C=O) groups is 2. The fourth-order valence-corrected chi connectivity index (χ4v) is 2.64. The van der Waals surface area contributed by atoms with Crippen molar-refractivity contribution in [1.82, 2.24) is 5.32 Å². The molecule has 0 bridgehead atoms. The highest BCUT2D eigenvalue weighted by atomic mass is 16.2. The van der Waals surface area contributed by atoms with Crippen molar-refractivity contribution >= 4 is 23.3 Å². The normalized spacial score (nSPS) is 10.1. The van der Waals surface area contributed by atoms with E-state index in [0.29, 0.717) is 18.7 Å². The molecule has 3 rings (SSSR count). The molecule has 0 saturated heterocycles. The van der Waals surface area contributed by atoms with E-state index >= 15 is 0 Å². The van der Waals surface area contributed by atoms with Gasteiger partial charge in [0, 0.05) is 30.0 Å². The highest BCUT2D eigenvalue weighted by Crippen LogP contribution is 2.15. The number of hydrogen-bond acceptors (Lipinski definition) is 2. The fourth-order valence-electron chi connectivity index (χ4n) is 2.64. The maximum Gasteiger partial charge on any atom is 0.326 e. The molecule has 5 heteroatoms. The minimum atomic E-state index is -0.249. The molecule has 0 fully saturated rings. The van der Waals surface area contributed by atoms with Crippen molar-refractivity contribution < 1.29 is 9.59 Å². The molecule has 0 aliphatic carbocycles. The van der Waals surface area contributed by atoms with Crippen LogP contribution in [0.3, 0.4) is 0 Å². The van der Waals surface area contributed by atoms with Crippen LogP contribution in [-0.2, 0) is 0 Å². The number of hydrogen-bond donors (Lipinski definition) is 2. The van der Waals surface area contributed by atoms with Gasteiger partial charge in [-0.3, -0.25) is 9.69 Å². The predicted molar refractivity (Wildman–Crippen MR) is 108 cm³/mol. The van der Waals surface area contributed by atoms with Gasteiger partial charge in [0.15, 0.2) is 0 Å². The van der Waals surface area contributed by atoms with Crippen LogP contribution >= 0.6 is 0 Å². The van der Waals surface area contributed by atoms with Crippen molar-refractivity contribution in [3.05, 3.63) is 96.6 Å². The van der Waals surface area contributed by atoms with E-state index in [1.807, 2.05) is 78.9 Å². The summed E-state index contributed by atoms with van der Waals surface area (Å²) in [6, 6.07) is 27.4. The highest BCUT2D eigenvalue weighted by Gasteiger charge is 2.16. The molecule has 0 radical (unpaired) electrons. The minimum Gasteiger partial charge on any atom is -0.350 e. The number of nitrogens with zero attached hydrogens (tertiary/aromatic N) is 1. The minimum absolute atomic E-state index is 0.160. The van der Waals surface area contributed by atoms with Gasteiger partial charge in [0.2, 0.25) is 0 Å². The van der Waals surface area contributed by atoms with Gasteiger partial charge >= 0.3 is 6.03 Å². The summed E-state index contributed by atoms with van der Waals surface area (Å²) in [5.74, 6) is -0.160. The quantitative estimate of drug-likeness (QED) is 0.694. The Bertz CT molecular complexity index is 868. The number of para-hydroxylation sites is 2. The highest BCUT2D eigenvalue weighted by molar-refractivity contribution is 6.01. The molecule has 2 N–H and O–H groups in total. The van der Waals surface area contributed by atoms with Gasteiger partial charge in [0.1, 0.15) is 0 Å². The smallest absolute Gasteiger partial charge is 0.326 e. The Morgan fingerprint density at radius 3 is 1.93 bits per heavy atom. The maximum atomic E-state index is 12.8. The molecule has 0 saturated carbocycles. The Morgan fingerprint density at radius 1 is 0.741 bits per heavy atom. The maximum absolute atomic E-state index is 12.8. The molecule has 0 aliphatic heterocycles. The van der Waals surface area contributed by atoms with Crippen molar-refractivity contribution in [2.75, 3.05) is 23.3 Å². The van der Waals surface area contributed by atoms with Gasteiger partial charge in [-0.2, -0.15) is 0 Å². The number of carbonyl (C=O) groups excluding carboxylic acids is 2. The average molecular weight is 359 g/mol. The first-order valence-electron chi connectivity index (χ1n) is 8.76. The van der Waals surface area contributed by atoms with Crippen LogP contribution in [0.4, 0.5) is 16.2 Å². The lowest BCUT2D eigenvalue weighted by molar-refractivity contribution is 0.0954. The van der Waals surface area contributed by atoms with Crippen LogP contribution in [0.15, 0.2) is 91.0 Å². The molecule has 0 aromatic heterocycles. The Kier molecular flexibility index (Phi) is 6.20. The molecular formula is C22H21N3O2. The molecule has 5 nitrogen and oxygen atoms in total. The lowest BCUT2D eigenvalue weighted by atomic mass is 10.2. The second-order valence-corrected chi connectivity index (χ2v) is 5.91. The number of rotatable bonds is 6. The first-order chi connectivity index (χ1) is 13.2. The summed E-state index contributed by atoms with van der Waals surface area (Å²) in [5, 5.41) is 5.74. The van der Waals surface area contributed by atoms with Crippen LogP contribution in [0.2, 0.25) is 0 Å². The second-order valence-electron chi connectivity index (χ2n) is 5.91.